The van der Waals surface area contributed by atoms with Crippen molar-refractivity contribution in [1.29, 1.82) is 0 Å². The average Bonchev–Trinajstić information content (AvgIpc) is 3.06. The zero-order chi connectivity index (χ0) is 9.49. The van der Waals surface area contributed by atoms with Crippen LogP contribution in [-0.2, 0) is 0 Å². The topological polar surface area (TPSA) is 0 Å². The molecular formula is C14H8. The predicted molar refractivity (Wildman–Crippen MR) is 54.4 cm³/mol. The maximum Gasteiger partial charge on any atom is 0.0940 e. The van der Waals surface area contributed by atoms with Crippen LogP contribution in [0.4, 0.5) is 0 Å². The van der Waals surface area contributed by atoms with Crippen molar-refractivity contribution in [2.75, 3.05) is 0 Å². The van der Waals surface area contributed by atoms with Gasteiger partial charge in [0.15, 0.2) is 0 Å². The highest BCUT2D eigenvalue weighted by Crippen LogP contribution is 2.45. The molecule has 3 aliphatic rings. The van der Waals surface area contributed by atoms with Crippen LogP contribution in [0.3, 0.4) is 0 Å². The highest BCUT2D eigenvalue weighted by atomic mass is 14.4. The van der Waals surface area contributed by atoms with E-state index in [1.54, 1.807) is 0 Å². The number of hydrogen-bond acceptors (Lipinski definition) is 0. The van der Waals surface area contributed by atoms with Gasteiger partial charge in [0.1, 0.15) is 0 Å². The molecule has 0 nitrogen and oxygen atoms in total. The zero-order valence-corrected chi connectivity index (χ0v) is 7.83. The molecule has 0 N–H and O–H groups in total. The van der Waals surface area contributed by atoms with Gasteiger partial charge in [-0.05, 0) is 49.4 Å². The maximum absolute atomic E-state index is 3.14. The molecule has 2 spiro atoms. The normalized spacial score (nSPS) is 25.1. The van der Waals surface area contributed by atoms with E-state index in [9.17, 15) is 0 Å². The maximum atomic E-state index is 3.14. The van der Waals surface area contributed by atoms with Gasteiger partial charge in [-0.3, -0.25) is 0 Å². The molecule has 0 radical (unpaired) electrons. The summed E-state index contributed by atoms with van der Waals surface area (Å²) in [6.45, 7) is 0. The summed E-state index contributed by atoms with van der Waals surface area (Å²) < 4.78 is 0. The molecule has 0 atom stereocenters. The van der Waals surface area contributed by atoms with Crippen LogP contribution >= 0.6 is 0 Å². The fourth-order valence-corrected chi connectivity index (χ4v) is 1.42. The third kappa shape index (κ3) is 1.27. The Morgan fingerprint density at radius 1 is 0.500 bits per heavy atom. The molecule has 0 aromatic carbocycles. The Hall–Kier alpha value is -1.76. The fraction of sp³-hybridized carbons (Fsp3) is 0.429. The van der Waals surface area contributed by atoms with Crippen LogP contribution in [0.5, 0.6) is 0 Å². The molecule has 3 rings (SSSR count). The van der Waals surface area contributed by atoms with E-state index in [1.165, 1.54) is 0 Å². The van der Waals surface area contributed by atoms with Gasteiger partial charge in [0.2, 0.25) is 0 Å². The Labute approximate surface area is 84.5 Å². The molecule has 2 saturated carbocycles. The van der Waals surface area contributed by atoms with Crippen molar-refractivity contribution in [2.24, 2.45) is 10.8 Å². The molecule has 0 aromatic heterocycles. The van der Waals surface area contributed by atoms with Gasteiger partial charge < -0.3 is 0 Å². The second-order valence-electron chi connectivity index (χ2n) is 4.16. The quantitative estimate of drug-likeness (QED) is 0.491. The molecular weight excluding hydrogens is 168 g/mol. The summed E-state index contributed by atoms with van der Waals surface area (Å²) in [5, 5.41) is 0. The number of rotatable bonds is 0. The lowest BCUT2D eigenvalue weighted by Crippen LogP contribution is -1.93. The largest absolute Gasteiger partial charge is 0.0940 e. The van der Waals surface area contributed by atoms with Crippen molar-refractivity contribution >= 4 is 0 Å². The molecule has 0 heterocycles. The van der Waals surface area contributed by atoms with Crippen LogP contribution in [0.15, 0.2) is 0 Å². The Balaban J connectivity index is 2.01. The molecule has 0 saturated heterocycles. The smallest absolute Gasteiger partial charge is 0.0691 e. The first-order valence-electron chi connectivity index (χ1n) is 4.91. The average molecular weight is 176 g/mol. The summed E-state index contributed by atoms with van der Waals surface area (Å²) in [4.78, 5) is 0. The Morgan fingerprint density at radius 3 is 1.00 bits per heavy atom. The van der Waals surface area contributed by atoms with Crippen molar-refractivity contribution < 1.29 is 0 Å². The lowest BCUT2D eigenvalue weighted by Gasteiger charge is -1.93. The summed E-state index contributed by atoms with van der Waals surface area (Å²) in [5.74, 6) is 24.2. The van der Waals surface area contributed by atoms with Crippen LogP contribution in [0.1, 0.15) is 25.7 Å². The minimum absolute atomic E-state index is 0.0442. The summed E-state index contributed by atoms with van der Waals surface area (Å²) >= 11 is 0. The van der Waals surface area contributed by atoms with E-state index in [-0.39, 0.29) is 10.8 Å². The molecule has 0 aromatic rings. The first kappa shape index (κ1) is 7.63. The Bertz CT molecular complexity index is 428. The van der Waals surface area contributed by atoms with Crippen LogP contribution in [0.25, 0.3) is 0 Å². The van der Waals surface area contributed by atoms with Gasteiger partial charge in [-0.15, -0.1) is 0 Å². The van der Waals surface area contributed by atoms with E-state index < -0.39 is 0 Å². The second kappa shape index (κ2) is 2.38. The standard InChI is InChI=1S/C14H8/c1-2-6-14(11-12-14)8-4-3-7-13(5-1)9-10-13/h9-12H2. The molecule has 0 amide bonds. The Kier molecular flexibility index (Phi) is 1.30. The summed E-state index contributed by atoms with van der Waals surface area (Å²) in [6.07, 6.45) is 4.34. The van der Waals surface area contributed by atoms with Gasteiger partial charge in [0, 0.05) is 0 Å². The first-order valence-corrected chi connectivity index (χ1v) is 4.91. The summed E-state index contributed by atoms with van der Waals surface area (Å²) in [5.41, 5.74) is -0.0885. The minimum Gasteiger partial charge on any atom is -0.0691 e. The highest BCUT2D eigenvalue weighted by molar-refractivity contribution is 5.47. The summed E-state index contributed by atoms with van der Waals surface area (Å²) in [6, 6.07) is 0. The minimum atomic E-state index is -0.0442. The first-order chi connectivity index (χ1) is 6.83. The van der Waals surface area contributed by atoms with Crippen LogP contribution in [0.2, 0.25) is 0 Å². The zero-order valence-electron chi connectivity index (χ0n) is 7.83. The van der Waals surface area contributed by atoms with E-state index in [2.05, 4.69) is 47.4 Å². The van der Waals surface area contributed by atoms with Crippen molar-refractivity contribution in [3.63, 3.8) is 0 Å². The lowest BCUT2D eigenvalue weighted by molar-refractivity contribution is 0.936. The third-order valence-corrected chi connectivity index (χ3v) is 2.83. The van der Waals surface area contributed by atoms with Gasteiger partial charge in [-0.25, -0.2) is 0 Å². The predicted octanol–water partition coefficient (Wildman–Crippen LogP) is 1.57. The molecule has 3 aliphatic carbocycles. The molecule has 0 bridgehead atoms. The molecule has 0 heteroatoms. The van der Waals surface area contributed by atoms with Crippen LogP contribution < -0.4 is 0 Å². The number of hydrogen-bond donors (Lipinski definition) is 0. The van der Waals surface area contributed by atoms with Crippen LogP contribution in [-0.4, -0.2) is 0 Å². The van der Waals surface area contributed by atoms with Crippen molar-refractivity contribution in [1.82, 2.24) is 0 Å². The van der Waals surface area contributed by atoms with Crippen molar-refractivity contribution in [3.05, 3.63) is 0 Å². The monoisotopic (exact) mass is 176 g/mol. The highest BCUT2D eigenvalue weighted by Gasteiger charge is 2.41. The second-order valence-corrected chi connectivity index (χ2v) is 4.16. The van der Waals surface area contributed by atoms with Crippen LogP contribution in [0, 0.1) is 58.2 Å². The summed E-state index contributed by atoms with van der Waals surface area (Å²) in [7, 11) is 0. The van der Waals surface area contributed by atoms with Gasteiger partial charge in [-0.2, -0.15) is 0 Å². The van der Waals surface area contributed by atoms with E-state index in [4.69, 9.17) is 0 Å². The fourth-order valence-electron chi connectivity index (χ4n) is 1.42. The molecule has 0 aliphatic heterocycles. The van der Waals surface area contributed by atoms with Gasteiger partial charge in [0.05, 0.1) is 10.8 Å². The van der Waals surface area contributed by atoms with E-state index >= 15 is 0 Å². The lowest BCUT2D eigenvalue weighted by atomic mass is 10.1. The Morgan fingerprint density at radius 2 is 0.786 bits per heavy atom. The molecule has 14 heavy (non-hydrogen) atoms. The van der Waals surface area contributed by atoms with Gasteiger partial charge in [0.25, 0.3) is 0 Å². The SMILES string of the molecule is C1#CC2(C#CC#CC3(C#C1)CC3)CC2. The van der Waals surface area contributed by atoms with Crippen molar-refractivity contribution in [3.8, 4) is 47.4 Å². The van der Waals surface area contributed by atoms with Gasteiger partial charge in [-0.1, -0.05) is 23.7 Å². The molecule has 0 unspecified atom stereocenters. The van der Waals surface area contributed by atoms with E-state index in [1.807, 2.05) is 0 Å². The van der Waals surface area contributed by atoms with E-state index in [0.717, 1.165) is 25.7 Å². The van der Waals surface area contributed by atoms with Gasteiger partial charge >= 0.3 is 0 Å². The molecule has 64 valence electrons. The third-order valence-electron chi connectivity index (χ3n) is 2.83. The molecule has 2 fully saturated rings. The van der Waals surface area contributed by atoms with Crippen molar-refractivity contribution in [2.45, 2.75) is 25.7 Å². The van der Waals surface area contributed by atoms with E-state index in [0.29, 0.717) is 0 Å².